The summed E-state index contributed by atoms with van der Waals surface area (Å²) in [6, 6.07) is 15.5. The molecule has 18 heavy (non-hydrogen) atoms. The molecular formula is C17H19Br. The zero-order valence-electron chi connectivity index (χ0n) is 11.2. The van der Waals surface area contributed by atoms with Crippen LogP contribution >= 0.6 is 15.9 Å². The van der Waals surface area contributed by atoms with Crippen molar-refractivity contribution in [1.29, 1.82) is 0 Å². The van der Waals surface area contributed by atoms with Gasteiger partial charge in [0, 0.05) is 4.83 Å². The van der Waals surface area contributed by atoms with E-state index in [0.29, 0.717) is 4.83 Å². The summed E-state index contributed by atoms with van der Waals surface area (Å²) in [4.78, 5) is 0.388. The third-order valence-electron chi connectivity index (χ3n) is 3.43. The minimum Gasteiger partial charge on any atom is -0.0835 e. The molecule has 2 aromatic rings. The molecule has 0 saturated carbocycles. The molecule has 1 heteroatoms. The van der Waals surface area contributed by atoms with E-state index in [-0.39, 0.29) is 0 Å². The van der Waals surface area contributed by atoms with Crippen LogP contribution in [0.3, 0.4) is 0 Å². The summed E-state index contributed by atoms with van der Waals surface area (Å²) < 4.78 is 0. The molecular weight excluding hydrogens is 284 g/mol. The van der Waals surface area contributed by atoms with Crippen molar-refractivity contribution in [2.45, 2.75) is 32.0 Å². The topological polar surface area (TPSA) is 0 Å². The minimum absolute atomic E-state index is 0.388. The summed E-state index contributed by atoms with van der Waals surface area (Å²) in [7, 11) is 0. The van der Waals surface area contributed by atoms with Gasteiger partial charge in [0.05, 0.1) is 0 Å². The molecule has 0 N–H and O–H groups in total. The van der Waals surface area contributed by atoms with Gasteiger partial charge in [0.2, 0.25) is 0 Å². The molecule has 0 aliphatic rings. The van der Waals surface area contributed by atoms with E-state index in [2.05, 4.69) is 79.2 Å². The molecule has 0 aliphatic heterocycles. The van der Waals surface area contributed by atoms with Gasteiger partial charge in [-0.2, -0.15) is 0 Å². The number of benzene rings is 2. The van der Waals surface area contributed by atoms with Gasteiger partial charge in [0.1, 0.15) is 0 Å². The van der Waals surface area contributed by atoms with E-state index in [4.69, 9.17) is 0 Å². The Morgan fingerprint density at radius 3 is 2.17 bits per heavy atom. The maximum absolute atomic E-state index is 3.80. The fourth-order valence-corrected chi connectivity index (χ4v) is 2.67. The summed E-state index contributed by atoms with van der Waals surface area (Å²) in [5, 5.41) is 0. The van der Waals surface area contributed by atoms with Crippen LogP contribution in [-0.2, 0) is 6.42 Å². The van der Waals surface area contributed by atoms with Gasteiger partial charge in [-0.1, -0.05) is 64.0 Å². The van der Waals surface area contributed by atoms with Crippen molar-refractivity contribution in [3.8, 4) is 0 Å². The molecule has 0 fully saturated rings. The summed E-state index contributed by atoms with van der Waals surface area (Å²) in [6.07, 6.45) is 1.03. The molecule has 2 rings (SSSR count). The Labute approximate surface area is 118 Å². The highest BCUT2D eigenvalue weighted by molar-refractivity contribution is 9.09. The number of hydrogen-bond donors (Lipinski definition) is 0. The molecule has 0 bridgehead atoms. The Hall–Kier alpha value is -1.08. The highest BCUT2D eigenvalue weighted by Crippen LogP contribution is 2.28. The van der Waals surface area contributed by atoms with E-state index in [1.54, 1.807) is 0 Å². The fraction of sp³-hybridized carbons (Fsp3) is 0.294. The van der Waals surface area contributed by atoms with Crippen LogP contribution < -0.4 is 0 Å². The third-order valence-corrected chi connectivity index (χ3v) is 4.28. The van der Waals surface area contributed by atoms with E-state index in [0.717, 1.165) is 6.42 Å². The first-order valence-electron chi connectivity index (χ1n) is 6.33. The van der Waals surface area contributed by atoms with Gasteiger partial charge < -0.3 is 0 Å². The monoisotopic (exact) mass is 302 g/mol. The first-order valence-corrected chi connectivity index (χ1v) is 7.24. The summed E-state index contributed by atoms with van der Waals surface area (Å²) in [5.41, 5.74) is 6.77. The Morgan fingerprint density at radius 1 is 0.889 bits per heavy atom. The lowest BCUT2D eigenvalue weighted by molar-refractivity contribution is 0.944. The standard InChI is InChI=1S/C17H19Br/c1-12-4-7-15(8-5-12)11-17(18)16-9-6-13(2)14(3)10-16/h4-10,17H,11H2,1-3H3. The molecule has 0 aliphatic carbocycles. The van der Waals surface area contributed by atoms with E-state index < -0.39 is 0 Å². The predicted octanol–water partition coefficient (Wildman–Crippen LogP) is 5.29. The lowest BCUT2D eigenvalue weighted by atomic mass is 10.00. The molecule has 1 atom stereocenters. The van der Waals surface area contributed by atoms with Crippen LogP contribution in [0.4, 0.5) is 0 Å². The zero-order valence-corrected chi connectivity index (χ0v) is 12.8. The van der Waals surface area contributed by atoms with Crippen molar-refractivity contribution >= 4 is 15.9 Å². The van der Waals surface area contributed by atoms with Crippen molar-refractivity contribution < 1.29 is 0 Å². The average molecular weight is 303 g/mol. The van der Waals surface area contributed by atoms with Gasteiger partial charge in [-0.25, -0.2) is 0 Å². The van der Waals surface area contributed by atoms with Gasteiger partial charge in [0.25, 0.3) is 0 Å². The normalized spacial score (nSPS) is 12.4. The summed E-state index contributed by atoms with van der Waals surface area (Å²) >= 11 is 3.80. The molecule has 0 radical (unpaired) electrons. The maximum Gasteiger partial charge on any atom is 0.0435 e. The molecule has 0 aromatic heterocycles. The van der Waals surface area contributed by atoms with E-state index >= 15 is 0 Å². The Balaban J connectivity index is 2.13. The van der Waals surface area contributed by atoms with Gasteiger partial charge in [-0.3, -0.25) is 0 Å². The molecule has 0 saturated heterocycles. The quantitative estimate of drug-likeness (QED) is 0.676. The van der Waals surface area contributed by atoms with Crippen LogP contribution in [0, 0.1) is 20.8 Å². The summed E-state index contributed by atoms with van der Waals surface area (Å²) in [6.45, 7) is 6.45. The highest BCUT2D eigenvalue weighted by atomic mass is 79.9. The molecule has 0 spiro atoms. The Bertz CT molecular complexity index is 526. The van der Waals surface area contributed by atoms with Crippen LogP contribution in [0.2, 0.25) is 0 Å². The van der Waals surface area contributed by atoms with Gasteiger partial charge >= 0.3 is 0 Å². The summed E-state index contributed by atoms with van der Waals surface area (Å²) in [5.74, 6) is 0. The minimum atomic E-state index is 0.388. The van der Waals surface area contributed by atoms with Gasteiger partial charge in [-0.05, 0) is 49.4 Å². The van der Waals surface area contributed by atoms with E-state index in [1.807, 2.05) is 0 Å². The average Bonchev–Trinajstić information content (AvgIpc) is 2.35. The number of halogens is 1. The number of hydrogen-bond acceptors (Lipinski definition) is 0. The van der Waals surface area contributed by atoms with Crippen molar-refractivity contribution in [3.05, 3.63) is 70.3 Å². The molecule has 2 aromatic carbocycles. The maximum atomic E-state index is 3.80. The number of aryl methyl sites for hydroxylation is 3. The lowest BCUT2D eigenvalue weighted by Crippen LogP contribution is -1.96. The van der Waals surface area contributed by atoms with Crippen molar-refractivity contribution in [2.75, 3.05) is 0 Å². The first-order chi connectivity index (χ1) is 8.56. The van der Waals surface area contributed by atoms with Crippen LogP contribution in [-0.4, -0.2) is 0 Å². The lowest BCUT2D eigenvalue weighted by Gasteiger charge is -2.12. The second-order valence-corrected chi connectivity index (χ2v) is 6.11. The van der Waals surface area contributed by atoms with Crippen LogP contribution in [0.25, 0.3) is 0 Å². The molecule has 0 heterocycles. The Kier molecular flexibility index (Phi) is 4.23. The molecule has 0 amide bonds. The van der Waals surface area contributed by atoms with Crippen LogP contribution in [0.1, 0.15) is 32.6 Å². The van der Waals surface area contributed by atoms with Crippen LogP contribution in [0.15, 0.2) is 42.5 Å². The largest absolute Gasteiger partial charge is 0.0835 e. The zero-order chi connectivity index (χ0) is 13.1. The second-order valence-electron chi connectivity index (χ2n) is 5.00. The van der Waals surface area contributed by atoms with E-state index in [9.17, 15) is 0 Å². The smallest absolute Gasteiger partial charge is 0.0435 e. The first kappa shape index (κ1) is 13.4. The highest BCUT2D eigenvalue weighted by Gasteiger charge is 2.09. The number of rotatable bonds is 3. The third kappa shape index (κ3) is 3.23. The Morgan fingerprint density at radius 2 is 1.56 bits per heavy atom. The fourth-order valence-electron chi connectivity index (χ4n) is 2.01. The van der Waals surface area contributed by atoms with E-state index in [1.165, 1.54) is 27.8 Å². The van der Waals surface area contributed by atoms with Gasteiger partial charge in [0.15, 0.2) is 0 Å². The van der Waals surface area contributed by atoms with Crippen molar-refractivity contribution in [1.82, 2.24) is 0 Å². The predicted molar refractivity (Wildman–Crippen MR) is 82.5 cm³/mol. The van der Waals surface area contributed by atoms with Gasteiger partial charge in [-0.15, -0.1) is 0 Å². The molecule has 94 valence electrons. The SMILES string of the molecule is Cc1ccc(CC(Br)c2ccc(C)c(C)c2)cc1. The number of alkyl halides is 1. The second kappa shape index (κ2) is 5.71. The van der Waals surface area contributed by atoms with Crippen molar-refractivity contribution in [3.63, 3.8) is 0 Å². The molecule has 0 nitrogen and oxygen atoms in total. The molecule has 1 unspecified atom stereocenters. The van der Waals surface area contributed by atoms with Crippen molar-refractivity contribution in [2.24, 2.45) is 0 Å². The van der Waals surface area contributed by atoms with Crippen LogP contribution in [0.5, 0.6) is 0 Å².